The first-order chi connectivity index (χ1) is 18.2. The highest BCUT2D eigenvalue weighted by Crippen LogP contribution is 2.20. The maximum Gasteiger partial charge on any atom is 0.352 e. The molecule has 1 aromatic heterocycles. The largest absolute Gasteiger partial charge is 0.466 e. The lowest BCUT2D eigenvalue weighted by Crippen LogP contribution is -2.49. The van der Waals surface area contributed by atoms with Crippen LogP contribution in [0.25, 0.3) is 5.69 Å². The van der Waals surface area contributed by atoms with E-state index in [1.165, 1.54) is 4.90 Å². The minimum atomic E-state index is -0.753. The van der Waals surface area contributed by atoms with Gasteiger partial charge >= 0.3 is 11.7 Å². The fraction of sp³-hybridized carbons (Fsp3) is 0.414. The predicted octanol–water partition coefficient (Wildman–Crippen LogP) is 3.29. The summed E-state index contributed by atoms with van der Waals surface area (Å²) < 4.78 is 7.33. The molecule has 0 unspecified atom stereocenters. The third-order valence-corrected chi connectivity index (χ3v) is 6.98. The van der Waals surface area contributed by atoms with Crippen molar-refractivity contribution in [1.29, 1.82) is 0 Å². The van der Waals surface area contributed by atoms with Gasteiger partial charge in [-0.05, 0) is 61.4 Å². The number of benzene rings is 2. The second-order valence-electron chi connectivity index (χ2n) is 9.95. The highest BCUT2D eigenvalue weighted by atomic mass is 16.5. The molecule has 1 aliphatic heterocycles. The Morgan fingerprint density at radius 1 is 1.08 bits per heavy atom. The van der Waals surface area contributed by atoms with Crippen molar-refractivity contribution < 1.29 is 14.3 Å². The molecule has 4 rings (SSSR count). The summed E-state index contributed by atoms with van der Waals surface area (Å²) in [5.41, 5.74) is 1.52. The molecule has 1 atom stereocenters. The van der Waals surface area contributed by atoms with Gasteiger partial charge in [0.1, 0.15) is 0 Å². The predicted molar refractivity (Wildman–Crippen MR) is 144 cm³/mol. The summed E-state index contributed by atoms with van der Waals surface area (Å²) in [5.74, 6) is -1.12. The van der Waals surface area contributed by atoms with Crippen LogP contribution >= 0.6 is 0 Å². The van der Waals surface area contributed by atoms with Crippen LogP contribution in [0.15, 0.2) is 58.1 Å². The van der Waals surface area contributed by atoms with Crippen LogP contribution in [-0.4, -0.2) is 50.8 Å². The molecule has 2 heterocycles. The molecule has 0 saturated carbocycles. The van der Waals surface area contributed by atoms with E-state index >= 15 is 0 Å². The molecule has 38 heavy (non-hydrogen) atoms. The number of aryl methyl sites for hydroxylation is 1. The van der Waals surface area contributed by atoms with Crippen LogP contribution < -0.4 is 11.2 Å². The Morgan fingerprint density at radius 2 is 1.79 bits per heavy atom. The van der Waals surface area contributed by atoms with Crippen LogP contribution in [-0.2, 0) is 16.1 Å². The van der Waals surface area contributed by atoms with Crippen LogP contribution in [0, 0.1) is 12.8 Å². The van der Waals surface area contributed by atoms with Crippen LogP contribution in [0.5, 0.6) is 0 Å². The van der Waals surface area contributed by atoms with Gasteiger partial charge in [-0.2, -0.15) is 9.78 Å². The minimum absolute atomic E-state index is 0.00265. The Hall–Kier alpha value is -4.01. The topological polar surface area (TPSA) is 104 Å². The highest BCUT2D eigenvalue weighted by Gasteiger charge is 2.32. The van der Waals surface area contributed by atoms with E-state index in [0.29, 0.717) is 31.0 Å². The SMILES string of the molecule is CCOC(=O)[C@H]1CCCN(C(=O)c2nn(-c3ccc(C(C)C)cc3)c(=O)n(Cc3ccccc3C)c2=O)C1. The van der Waals surface area contributed by atoms with Crippen LogP contribution in [0.3, 0.4) is 0 Å². The standard InChI is InChI=1S/C29H34N4O5/c1-5-38-28(36)23-11-8-16-31(17-23)26(34)25-27(35)32(18-22-10-7-6-9-20(22)4)29(37)33(30-25)24-14-12-21(13-15-24)19(2)3/h6-7,9-10,12-15,19,23H,5,8,11,16-18H2,1-4H3/t23-/m0/s1. The van der Waals surface area contributed by atoms with E-state index in [-0.39, 0.29) is 31.4 Å². The molecule has 0 N–H and O–H groups in total. The van der Waals surface area contributed by atoms with Gasteiger partial charge in [-0.1, -0.05) is 50.2 Å². The van der Waals surface area contributed by atoms with Gasteiger partial charge in [-0.15, -0.1) is 0 Å². The lowest BCUT2D eigenvalue weighted by molar-refractivity contribution is -0.149. The van der Waals surface area contributed by atoms with Crippen molar-refractivity contribution in [3.8, 4) is 5.69 Å². The van der Waals surface area contributed by atoms with Gasteiger partial charge in [-0.25, -0.2) is 4.79 Å². The average Bonchev–Trinajstić information content (AvgIpc) is 2.92. The van der Waals surface area contributed by atoms with Crippen molar-refractivity contribution in [3.63, 3.8) is 0 Å². The zero-order valence-corrected chi connectivity index (χ0v) is 22.3. The van der Waals surface area contributed by atoms with E-state index < -0.39 is 23.1 Å². The van der Waals surface area contributed by atoms with Crippen molar-refractivity contribution in [3.05, 3.63) is 91.8 Å². The first kappa shape index (κ1) is 27.0. The van der Waals surface area contributed by atoms with Gasteiger partial charge in [0.25, 0.3) is 11.5 Å². The number of likely N-dealkylation sites (tertiary alicyclic amines) is 1. The fourth-order valence-electron chi connectivity index (χ4n) is 4.68. The molecule has 1 aliphatic rings. The zero-order valence-electron chi connectivity index (χ0n) is 22.3. The normalized spacial score (nSPS) is 15.5. The lowest BCUT2D eigenvalue weighted by Gasteiger charge is -2.31. The maximum atomic E-state index is 13.6. The summed E-state index contributed by atoms with van der Waals surface area (Å²) in [7, 11) is 0. The molecule has 0 aliphatic carbocycles. The number of esters is 1. The zero-order chi connectivity index (χ0) is 27.4. The maximum absolute atomic E-state index is 13.6. The molecule has 1 saturated heterocycles. The van der Waals surface area contributed by atoms with Crippen LogP contribution in [0.1, 0.15) is 66.7 Å². The van der Waals surface area contributed by atoms with Crippen molar-refractivity contribution >= 4 is 11.9 Å². The van der Waals surface area contributed by atoms with Crippen LogP contribution in [0.4, 0.5) is 0 Å². The van der Waals surface area contributed by atoms with Gasteiger partial charge in [0.05, 0.1) is 24.8 Å². The first-order valence-electron chi connectivity index (χ1n) is 13.1. The summed E-state index contributed by atoms with van der Waals surface area (Å²) >= 11 is 0. The van der Waals surface area contributed by atoms with E-state index in [0.717, 1.165) is 25.9 Å². The number of amides is 1. The fourth-order valence-corrected chi connectivity index (χ4v) is 4.68. The summed E-state index contributed by atoms with van der Waals surface area (Å²) in [6, 6.07) is 14.8. The Kier molecular flexibility index (Phi) is 8.24. The Bertz CT molecular complexity index is 1440. The number of rotatable bonds is 7. The average molecular weight is 519 g/mol. The van der Waals surface area contributed by atoms with E-state index in [2.05, 4.69) is 18.9 Å². The number of hydrogen-bond donors (Lipinski definition) is 0. The van der Waals surface area contributed by atoms with Gasteiger partial charge in [0, 0.05) is 13.1 Å². The van der Waals surface area contributed by atoms with Crippen molar-refractivity contribution in [1.82, 2.24) is 19.2 Å². The summed E-state index contributed by atoms with van der Waals surface area (Å²) in [4.78, 5) is 54.6. The van der Waals surface area contributed by atoms with Gasteiger partial charge < -0.3 is 9.64 Å². The molecule has 200 valence electrons. The van der Waals surface area contributed by atoms with E-state index in [4.69, 9.17) is 4.74 Å². The number of ether oxygens (including phenoxy) is 1. The van der Waals surface area contributed by atoms with E-state index in [9.17, 15) is 19.2 Å². The Labute approximate surface area is 221 Å². The van der Waals surface area contributed by atoms with Crippen molar-refractivity contribution in [2.24, 2.45) is 5.92 Å². The molecule has 1 fully saturated rings. The molecule has 0 radical (unpaired) electrons. The van der Waals surface area contributed by atoms with Crippen LogP contribution in [0.2, 0.25) is 0 Å². The monoisotopic (exact) mass is 518 g/mol. The number of hydrogen-bond acceptors (Lipinski definition) is 6. The summed E-state index contributed by atoms with van der Waals surface area (Å²) in [6.07, 6.45) is 1.21. The second-order valence-corrected chi connectivity index (χ2v) is 9.95. The first-order valence-corrected chi connectivity index (χ1v) is 13.1. The van der Waals surface area contributed by atoms with Crippen molar-refractivity contribution in [2.75, 3.05) is 19.7 Å². The third-order valence-electron chi connectivity index (χ3n) is 6.98. The number of carbonyl (C=O) groups is 2. The molecule has 1 amide bonds. The molecule has 0 bridgehead atoms. The van der Waals surface area contributed by atoms with Gasteiger partial charge in [-0.3, -0.25) is 19.0 Å². The quantitative estimate of drug-likeness (QED) is 0.445. The third kappa shape index (κ3) is 5.61. The summed E-state index contributed by atoms with van der Waals surface area (Å²) in [5, 5.41) is 4.29. The second kappa shape index (κ2) is 11.6. The summed E-state index contributed by atoms with van der Waals surface area (Å²) in [6.45, 7) is 8.56. The molecule has 9 nitrogen and oxygen atoms in total. The Morgan fingerprint density at radius 3 is 2.45 bits per heavy atom. The molecule has 2 aromatic carbocycles. The number of carbonyl (C=O) groups excluding carboxylic acids is 2. The van der Waals surface area contributed by atoms with E-state index in [1.54, 1.807) is 19.1 Å². The number of piperidine rings is 1. The molecule has 9 heteroatoms. The molecular formula is C29H34N4O5. The lowest BCUT2D eigenvalue weighted by atomic mass is 9.98. The van der Waals surface area contributed by atoms with E-state index in [1.807, 2.05) is 43.3 Å². The molecular weight excluding hydrogens is 484 g/mol. The number of nitrogens with zero attached hydrogens (tertiary/aromatic N) is 4. The van der Waals surface area contributed by atoms with Gasteiger partial charge in [0.15, 0.2) is 0 Å². The smallest absolute Gasteiger partial charge is 0.352 e. The van der Waals surface area contributed by atoms with Gasteiger partial charge in [0.2, 0.25) is 5.69 Å². The minimum Gasteiger partial charge on any atom is -0.466 e. The number of aromatic nitrogens is 3. The molecule has 3 aromatic rings. The van der Waals surface area contributed by atoms with Crippen molar-refractivity contribution in [2.45, 2.75) is 53.0 Å². The molecule has 0 spiro atoms. The highest BCUT2D eigenvalue weighted by molar-refractivity contribution is 5.92. The Balaban J connectivity index is 1.80.